The number of hydrogen-bond acceptors (Lipinski definition) is 1. The third-order valence-corrected chi connectivity index (χ3v) is 8.50. The first kappa shape index (κ1) is 18.8. The van der Waals surface area contributed by atoms with Crippen molar-refractivity contribution in [2.45, 2.75) is 65.1 Å². The van der Waals surface area contributed by atoms with E-state index < -0.39 is 8.07 Å². The van der Waals surface area contributed by atoms with Gasteiger partial charge in [-0.2, -0.15) is 0 Å². The molecular formula is C22H32OSi. The third kappa shape index (κ3) is 4.30. The molecule has 0 atom stereocenters. The molecule has 0 aliphatic carbocycles. The number of rotatable bonds is 6. The van der Waals surface area contributed by atoms with Crippen LogP contribution in [0, 0.1) is 0 Å². The summed E-state index contributed by atoms with van der Waals surface area (Å²) in [4.78, 5) is 0. The van der Waals surface area contributed by atoms with Crippen molar-refractivity contribution in [3.63, 3.8) is 0 Å². The summed E-state index contributed by atoms with van der Waals surface area (Å²) < 4.78 is 0. The van der Waals surface area contributed by atoms with Crippen LogP contribution in [0.5, 0.6) is 5.75 Å². The summed E-state index contributed by atoms with van der Waals surface area (Å²) in [7, 11) is -1.44. The number of phenolic OH excluding ortho intramolecular Hbond substituents is 1. The van der Waals surface area contributed by atoms with Crippen molar-refractivity contribution in [2.75, 3.05) is 0 Å². The van der Waals surface area contributed by atoms with Gasteiger partial charge >= 0.3 is 0 Å². The molecule has 1 nitrogen and oxygen atoms in total. The fraction of sp³-hybridized carbons (Fsp3) is 0.455. The average Bonchev–Trinajstić information content (AvgIpc) is 2.53. The van der Waals surface area contributed by atoms with Gasteiger partial charge < -0.3 is 5.11 Å². The fourth-order valence-electron chi connectivity index (χ4n) is 3.37. The Morgan fingerprint density at radius 1 is 0.875 bits per heavy atom. The van der Waals surface area contributed by atoms with Gasteiger partial charge in [-0.25, -0.2) is 0 Å². The first-order chi connectivity index (χ1) is 11.2. The van der Waals surface area contributed by atoms with Crippen molar-refractivity contribution in [3.8, 4) is 5.75 Å². The van der Waals surface area contributed by atoms with Crippen molar-refractivity contribution >= 4 is 13.3 Å². The Hall–Kier alpha value is -1.54. The molecule has 130 valence electrons. The summed E-state index contributed by atoms with van der Waals surface area (Å²) in [5, 5.41) is 11.9. The van der Waals surface area contributed by atoms with E-state index in [0.29, 0.717) is 17.6 Å². The van der Waals surface area contributed by atoms with E-state index in [1.165, 1.54) is 22.4 Å². The molecule has 0 fully saturated rings. The maximum atomic E-state index is 10.3. The number of hydrogen-bond donors (Lipinski definition) is 1. The van der Waals surface area contributed by atoms with Crippen LogP contribution in [0.15, 0.2) is 42.5 Å². The standard InChI is InChI=1S/C22H32OSi/c1-16(2)20-15-22(23)21(17(3)4)14-18(20)12-13-24(5,6)19-10-8-7-9-11-19/h7-11,14-17,23H,12-13H2,1-6H3. The highest BCUT2D eigenvalue weighted by Gasteiger charge is 2.24. The Balaban J connectivity index is 2.29. The fourth-order valence-corrected chi connectivity index (χ4v) is 5.64. The van der Waals surface area contributed by atoms with E-state index in [9.17, 15) is 5.11 Å². The van der Waals surface area contributed by atoms with Crippen LogP contribution < -0.4 is 5.19 Å². The molecule has 2 rings (SSSR count). The van der Waals surface area contributed by atoms with Crippen molar-refractivity contribution in [1.82, 2.24) is 0 Å². The van der Waals surface area contributed by atoms with Gasteiger partial charge in [0.2, 0.25) is 0 Å². The van der Waals surface area contributed by atoms with Crippen LogP contribution >= 0.6 is 0 Å². The van der Waals surface area contributed by atoms with Gasteiger partial charge in [-0.05, 0) is 47.1 Å². The van der Waals surface area contributed by atoms with Gasteiger partial charge in [0.25, 0.3) is 0 Å². The molecule has 2 aromatic carbocycles. The maximum Gasteiger partial charge on any atom is 0.119 e. The monoisotopic (exact) mass is 340 g/mol. The zero-order valence-corrected chi connectivity index (χ0v) is 17.1. The molecule has 0 saturated heterocycles. The molecule has 2 aromatic rings. The number of aryl methyl sites for hydroxylation is 1. The first-order valence-electron chi connectivity index (χ1n) is 9.13. The predicted molar refractivity (Wildman–Crippen MR) is 108 cm³/mol. The lowest BCUT2D eigenvalue weighted by molar-refractivity contribution is 0.463. The highest BCUT2D eigenvalue weighted by Crippen LogP contribution is 2.33. The van der Waals surface area contributed by atoms with Crippen LogP contribution in [-0.2, 0) is 6.42 Å². The van der Waals surface area contributed by atoms with Gasteiger partial charge in [0.15, 0.2) is 0 Å². The SMILES string of the molecule is CC(C)c1cc(CC[Si](C)(C)c2ccccc2)c(C(C)C)cc1O. The number of aromatic hydroxyl groups is 1. The van der Waals surface area contributed by atoms with E-state index in [1.807, 2.05) is 6.07 Å². The zero-order valence-electron chi connectivity index (χ0n) is 16.1. The Labute approximate surface area is 148 Å². The Kier molecular flexibility index (Phi) is 5.92. The molecule has 0 bridgehead atoms. The molecule has 0 spiro atoms. The molecule has 0 radical (unpaired) electrons. The summed E-state index contributed by atoms with van der Waals surface area (Å²) in [5.41, 5.74) is 3.80. The lowest BCUT2D eigenvalue weighted by Crippen LogP contribution is -2.41. The molecule has 0 aliphatic rings. The van der Waals surface area contributed by atoms with Crippen molar-refractivity contribution < 1.29 is 5.11 Å². The van der Waals surface area contributed by atoms with E-state index in [0.717, 1.165) is 12.0 Å². The summed E-state index contributed by atoms with van der Waals surface area (Å²) in [5.74, 6) is 1.25. The lowest BCUT2D eigenvalue weighted by atomic mass is 9.90. The van der Waals surface area contributed by atoms with E-state index >= 15 is 0 Å². The summed E-state index contributed by atoms with van der Waals surface area (Å²) in [6.07, 6.45) is 1.10. The van der Waals surface area contributed by atoms with Gasteiger partial charge in [-0.15, -0.1) is 0 Å². The van der Waals surface area contributed by atoms with Crippen molar-refractivity contribution in [1.29, 1.82) is 0 Å². The lowest BCUT2D eigenvalue weighted by Gasteiger charge is -2.25. The molecule has 1 N–H and O–H groups in total. The average molecular weight is 341 g/mol. The largest absolute Gasteiger partial charge is 0.508 e. The normalized spacial score (nSPS) is 12.2. The second-order valence-electron chi connectivity index (χ2n) is 8.17. The molecule has 0 unspecified atom stereocenters. The molecule has 0 amide bonds. The first-order valence-corrected chi connectivity index (χ1v) is 12.3. The Morgan fingerprint density at radius 3 is 2.00 bits per heavy atom. The number of benzene rings is 2. The van der Waals surface area contributed by atoms with E-state index in [4.69, 9.17) is 0 Å². The van der Waals surface area contributed by atoms with Gasteiger partial charge in [0.1, 0.15) is 5.75 Å². The topological polar surface area (TPSA) is 20.2 Å². The van der Waals surface area contributed by atoms with E-state index in [2.05, 4.69) is 77.2 Å². The molecule has 0 heterocycles. The van der Waals surface area contributed by atoms with Gasteiger partial charge in [0, 0.05) is 0 Å². The van der Waals surface area contributed by atoms with E-state index in [-0.39, 0.29) is 0 Å². The predicted octanol–water partition coefficient (Wildman–Crippen LogP) is 5.80. The highest BCUT2D eigenvalue weighted by atomic mass is 28.3. The quantitative estimate of drug-likeness (QED) is 0.659. The Bertz CT molecular complexity index is 672. The maximum absolute atomic E-state index is 10.3. The number of phenols is 1. The van der Waals surface area contributed by atoms with Crippen LogP contribution in [-0.4, -0.2) is 13.2 Å². The molecular weight excluding hydrogens is 308 g/mol. The molecule has 0 saturated carbocycles. The van der Waals surface area contributed by atoms with Gasteiger partial charge in [-0.1, -0.05) is 82.4 Å². The van der Waals surface area contributed by atoms with Crippen molar-refractivity contribution in [3.05, 3.63) is 59.2 Å². The van der Waals surface area contributed by atoms with Gasteiger partial charge in [-0.3, -0.25) is 0 Å². The smallest absolute Gasteiger partial charge is 0.119 e. The second kappa shape index (κ2) is 7.56. The summed E-state index contributed by atoms with van der Waals surface area (Å²) in [6.45, 7) is 13.6. The molecule has 0 aromatic heterocycles. The zero-order chi connectivity index (χ0) is 17.9. The van der Waals surface area contributed by atoms with Gasteiger partial charge in [0.05, 0.1) is 8.07 Å². The van der Waals surface area contributed by atoms with Crippen LogP contribution in [0.1, 0.15) is 56.2 Å². The minimum absolute atomic E-state index is 0.351. The third-order valence-electron chi connectivity index (χ3n) is 5.11. The molecule has 2 heteroatoms. The van der Waals surface area contributed by atoms with Crippen LogP contribution in [0.2, 0.25) is 19.1 Å². The Morgan fingerprint density at radius 2 is 1.46 bits per heavy atom. The van der Waals surface area contributed by atoms with E-state index in [1.54, 1.807) is 0 Å². The molecule has 0 aliphatic heterocycles. The highest BCUT2D eigenvalue weighted by molar-refractivity contribution is 6.89. The molecule has 24 heavy (non-hydrogen) atoms. The van der Waals surface area contributed by atoms with Crippen LogP contribution in [0.4, 0.5) is 0 Å². The minimum Gasteiger partial charge on any atom is -0.508 e. The second-order valence-corrected chi connectivity index (χ2v) is 13.0. The van der Waals surface area contributed by atoms with Crippen LogP contribution in [0.3, 0.4) is 0 Å². The summed E-state index contributed by atoms with van der Waals surface area (Å²) in [6, 6.07) is 16.5. The summed E-state index contributed by atoms with van der Waals surface area (Å²) >= 11 is 0. The van der Waals surface area contributed by atoms with Crippen LogP contribution in [0.25, 0.3) is 0 Å². The minimum atomic E-state index is -1.44. The van der Waals surface area contributed by atoms with Crippen molar-refractivity contribution in [2.24, 2.45) is 0 Å².